The third-order valence-electron chi connectivity index (χ3n) is 4.68. The van der Waals surface area contributed by atoms with Gasteiger partial charge in [0.25, 0.3) is 0 Å². The molecular formula is C22H16N2OS2. The van der Waals surface area contributed by atoms with Crippen LogP contribution in [0.1, 0.15) is 21.1 Å². The predicted molar refractivity (Wildman–Crippen MR) is 113 cm³/mol. The Morgan fingerprint density at radius 3 is 1.67 bits per heavy atom. The molecule has 0 fully saturated rings. The first kappa shape index (κ1) is 16.6. The lowest BCUT2D eigenvalue weighted by Gasteiger charge is -2.24. The number of benzene rings is 3. The van der Waals surface area contributed by atoms with Crippen molar-refractivity contribution in [3.8, 4) is 0 Å². The second-order valence-corrected chi connectivity index (χ2v) is 8.61. The molecule has 0 amide bonds. The van der Waals surface area contributed by atoms with Crippen LogP contribution in [-0.2, 0) is 5.60 Å². The van der Waals surface area contributed by atoms with Gasteiger partial charge in [0.15, 0.2) is 5.60 Å². The van der Waals surface area contributed by atoms with Crippen LogP contribution in [0, 0.1) is 6.92 Å². The van der Waals surface area contributed by atoms with Crippen molar-refractivity contribution in [2.75, 3.05) is 0 Å². The van der Waals surface area contributed by atoms with Crippen molar-refractivity contribution in [1.29, 1.82) is 0 Å². The molecule has 5 heteroatoms. The van der Waals surface area contributed by atoms with Crippen LogP contribution < -0.4 is 0 Å². The first-order valence-electron chi connectivity index (χ1n) is 8.66. The van der Waals surface area contributed by atoms with E-state index < -0.39 is 5.60 Å². The van der Waals surface area contributed by atoms with Crippen LogP contribution in [0.3, 0.4) is 0 Å². The van der Waals surface area contributed by atoms with Crippen LogP contribution in [0.5, 0.6) is 0 Å². The van der Waals surface area contributed by atoms with Crippen LogP contribution in [0.15, 0.2) is 72.8 Å². The molecule has 3 aromatic carbocycles. The fourth-order valence-corrected chi connectivity index (χ4v) is 5.41. The monoisotopic (exact) mass is 388 g/mol. The molecule has 0 saturated heterocycles. The Labute approximate surface area is 164 Å². The van der Waals surface area contributed by atoms with Gasteiger partial charge >= 0.3 is 0 Å². The molecule has 2 heterocycles. The van der Waals surface area contributed by atoms with Crippen molar-refractivity contribution in [1.82, 2.24) is 9.97 Å². The molecule has 2 aromatic heterocycles. The van der Waals surface area contributed by atoms with Crippen LogP contribution in [0.25, 0.3) is 20.4 Å². The number of aryl methyl sites for hydroxylation is 1. The number of aliphatic hydroxyl groups is 1. The molecule has 0 atom stereocenters. The topological polar surface area (TPSA) is 46.0 Å². The maximum Gasteiger partial charge on any atom is 0.193 e. The first-order valence-corrected chi connectivity index (χ1v) is 10.3. The van der Waals surface area contributed by atoms with E-state index in [1.165, 1.54) is 22.7 Å². The van der Waals surface area contributed by atoms with E-state index in [1.54, 1.807) is 0 Å². The van der Waals surface area contributed by atoms with Crippen LogP contribution in [0.4, 0.5) is 0 Å². The number of nitrogens with zero attached hydrogens (tertiary/aromatic N) is 2. The lowest BCUT2D eigenvalue weighted by molar-refractivity contribution is 0.125. The summed E-state index contributed by atoms with van der Waals surface area (Å²) in [5, 5.41) is 13.3. The Bertz CT molecular complexity index is 1110. The molecule has 0 radical (unpaired) electrons. The summed E-state index contributed by atoms with van der Waals surface area (Å²) < 4.78 is 2.11. The van der Waals surface area contributed by atoms with E-state index in [-0.39, 0.29) is 0 Å². The zero-order valence-electron chi connectivity index (χ0n) is 14.6. The number of thiazole rings is 2. The molecule has 5 rings (SSSR count). The average molecular weight is 389 g/mol. The van der Waals surface area contributed by atoms with Gasteiger partial charge in [0.2, 0.25) is 0 Å². The third kappa shape index (κ3) is 2.67. The van der Waals surface area contributed by atoms with Crippen LogP contribution in [0.2, 0.25) is 0 Å². The maximum absolute atomic E-state index is 12.0. The second kappa shape index (κ2) is 6.23. The molecule has 3 nitrogen and oxygen atoms in total. The van der Waals surface area contributed by atoms with Crippen LogP contribution in [-0.4, -0.2) is 15.1 Å². The normalized spacial score (nSPS) is 12.1. The lowest BCUT2D eigenvalue weighted by atomic mass is 9.94. The zero-order valence-corrected chi connectivity index (χ0v) is 16.2. The van der Waals surface area contributed by atoms with E-state index in [0.29, 0.717) is 10.0 Å². The SMILES string of the molecule is Cc1ccc(C(O)(c2nc3ccccc3s2)c2nc3ccccc3s2)cc1. The Hall–Kier alpha value is -2.60. The predicted octanol–water partition coefficient (Wildman–Crippen LogP) is 5.50. The molecule has 0 unspecified atom stereocenters. The van der Waals surface area contributed by atoms with Gasteiger partial charge in [0.1, 0.15) is 10.0 Å². The van der Waals surface area contributed by atoms with Crippen molar-refractivity contribution in [2.24, 2.45) is 0 Å². The molecule has 1 N–H and O–H groups in total. The largest absolute Gasteiger partial charge is 0.372 e. The standard InChI is InChI=1S/C22H16N2OS2/c1-14-10-12-15(13-11-14)22(25,20-23-16-6-2-4-8-18(16)26-20)21-24-17-7-3-5-9-19(17)27-21/h2-13,25H,1H3. The molecule has 132 valence electrons. The number of fused-ring (bicyclic) bond motifs is 2. The van der Waals surface area contributed by atoms with Gasteiger partial charge in [-0.3, -0.25) is 0 Å². The van der Waals surface area contributed by atoms with Crippen molar-refractivity contribution >= 4 is 43.1 Å². The van der Waals surface area contributed by atoms with E-state index in [2.05, 4.69) is 0 Å². The fourth-order valence-electron chi connectivity index (χ4n) is 3.19. The smallest absolute Gasteiger partial charge is 0.193 e. The second-order valence-electron chi connectivity index (χ2n) is 6.55. The summed E-state index contributed by atoms with van der Waals surface area (Å²) >= 11 is 3.03. The number of aromatic nitrogens is 2. The summed E-state index contributed by atoms with van der Waals surface area (Å²) in [5.41, 5.74) is 2.34. The summed E-state index contributed by atoms with van der Waals surface area (Å²) in [4.78, 5) is 9.53. The van der Waals surface area contributed by atoms with Gasteiger partial charge in [-0.15, -0.1) is 22.7 Å². The number of hydrogen-bond donors (Lipinski definition) is 1. The van der Waals surface area contributed by atoms with Crippen molar-refractivity contribution in [3.63, 3.8) is 0 Å². The van der Waals surface area contributed by atoms with Crippen molar-refractivity contribution in [3.05, 3.63) is 93.9 Å². The average Bonchev–Trinajstić information content (AvgIpc) is 3.32. The molecule has 0 saturated carbocycles. The van der Waals surface area contributed by atoms with Gasteiger partial charge in [-0.2, -0.15) is 0 Å². The molecule has 0 aliphatic rings. The van der Waals surface area contributed by atoms with E-state index in [0.717, 1.165) is 31.6 Å². The van der Waals surface area contributed by atoms with E-state index in [9.17, 15) is 5.11 Å². The van der Waals surface area contributed by atoms with E-state index >= 15 is 0 Å². The number of para-hydroxylation sites is 2. The molecule has 27 heavy (non-hydrogen) atoms. The summed E-state index contributed by atoms with van der Waals surface area (Å²) in [7, 11) is 0. The Morgan fingerprint density at radius 2 is 1.19 bits per heavy atom. The molecule has 0 bridgehead atoms. The van der Waals surface area contributed by atoms with Gasteiger partial charge < -0.3 is 5.11 Å². The van der Waals surface area contributed by atoms with E-state index in [4.69, 9.17) is 9.97 Å². The third-order valence-corrected chi connectivity index (χ3v) is 6.97. The summed E-state index contributed by atoms with van der Waals surface area (Å²) in [6.45, 7) is 2.04. The van der Waals surface area contributed by atoms with E-state index in [1.807, 2.05) is 79.7 Å². The zero-order chi connectivity index (χ0) is 18.4. The minimum absolute atomic E-state index is 0.645. The highest BCUT2D eigenvalue weighted by Gasteiger charge is 2.40. The summed E-state index contributed by atoms with van der Waals surface area (Å²) in [5.74, 6) is 0. The minimum atomic E-state index is -1.37. The molecule has 0 aliphatic carbocycles. The highest BCUT2D eigenvalue weighted by molar-refractivity contribution is 7.20. The Kier molecular flexibility index (Phi) is 3.82. The van der Waals surface area contributed by atoms with Crippen molar-refractivity contribution < 1.29 is 5.11 Å². The Morgan fingerprint density at radius 1 is 0.704 bits per heavy atom. The molecule has 0 aliphatic heterocycles. The van der Waals surface area contributed by atoms with Gasteiger partial charge in [-0.05, 0) is 36.8 Å². The lowest BCUT2D eigenvalue weighted by Crippen LogP contribution is -2.28. The molecule has 5 aromatic rings. The van der Waals surface area contributed by atoms with Crippen LogP contribution >= 0.6 is 22.7 Å². The van der Waals surface area contributed by atoms with Gasteiger partial charge in [0.05, 0.1) is 20.4 Å². The van der Waals surface area contributed by atoms with Gasteiger partial charge in [-0.1, -0.05) is 54.1 Å². The van der Waals surface area contributed by atoms with Gasteiger partial charge in [0, 0.05) is 0 Å². The van der Waals surface area contributed by atoms with Crippen molar-refractivity contribution in [2.45, 2.75) is 12.5 Å². The van der Waals surface area contributed by atoms with Gasteiger partial charge in [-0.25, -0.2) is 9.97 Å². The number of hydrogen-bond acceptors (Lipinski definition) is 5. The highest BCUT2D eigenvalue weighted by Crippen LogP contribution is 2.43. The quantitative estimate of drug-likeness (QED) is 0.444. The summed E-state index contributed by atoms with van der Waals surface area (Å²) in [6.07, 6.45) is 0. The fraction of sp³-hybridized carbons (Fsp3) is 0.0909. The minimum Gasteiger partial charge on any atom is -0.372 e. The maximum atomic E-state index is 12.0. The summed E-state index contributed by atoms with van der Waals surface area (Å²) in [6, 6.07) is 23.9. The number of rotatable bonds is 3. The first-order chi connectivity index (χ1) is 13.1. The molecular weight excluding hydrogens is 372 g/mol. The molecule has 0 spiro atoms. The Balaban J connectivity index is 1.79. The highest BCUT2D eigenvalue weighted by atomic mass is 32.1.